The molecule has 0 unspecified atom stereocenters. The maximum atomic E-state index is 12.8. The summed E-state index contributed by atoms with van der Waals surface area (Å²) < 4.78 is 49.8. The lowest BCUT2D eigenvalue weighted by atomic mass is 10.1. The number of para-hydroxylation sites is 1. The van der Waals surface area contributed by atoms with Crippen LogP contribution in [0, 0.1) is 0 Å². The molecule has 3 aromatic rings. The number of benzene rings is 2. The zero-order chi connectivity index (χ0) is 24.3. The van der Waals surface area contributed by atoms with Crippen molar-refractivity contribution in [1.29, 1.82) is 0 Å². The molecule has 2 heterocycles. The molecule has 1 aliphatic heterocycles. The molecule has 4 rings (SSSR count). The van der Waals surface area contributed by atoms with E-state index in [9.17, 15) is 22.8 Å². The maximum Gasteiger partial charge on any atom is 0.414 e. The summed E-state index contributed by atoms with van der Waals surface area (Å²) in [4.78, 5) is 23.7. The van der Waals surface area contributed by atoms with E-state index in [4.69, 9.17) is 9.47 Å². The summed E-state index contributed by atoms with van der Waals surface area (Å²) in [5, 5.41) is 9.52. The van der Waals surface area contributed by atoms with Gasteiger partial charge in [0.1, 0.15) is 0 Å². The Morgan fingerprint density at radius 2 is 2.00 bits per heavy atom. The van der Waals surface area contributed by atoms with Crippen molar-refractivity contribution < 1.29 is 32.2 Å². The number of anilines is 1. The average Bonchev–Trinajstić information content (AvgIpc) is 3.44. The molecule has 0 bridgehead atoms. The molecule has 8 nitrogen and oxygen atoms in total. The van der Waals surface area contributed by atoms with Crippen molar-refractivity contribution >= 4 is 17.8 Å². The van der Waals surface area contributed by atoms with Crippen molar-refractivity contribution in [3.8, 4) is 16.9 Å². The van der Waals surface area contributed by atoms with E-state index in [0.29, 0.717) is 22.5 Å². The monoisotopic (exact) mass is 474 g/mol. The molecule has 0 radical (unpaired) electrons. The molecule has 11 heteroatoms. The number of alkyl carbamates (subject to hydrolysis) is 1. The van der Waals surface area contributed by atoms with Crippen LogP contribution in [0.4, 0.5) is 23.8 Å². The van der Waals surface area contributed by atoms with Gasteiger partial charge in [0.15, 0.2) is 18.0 Å². The molecule has 178 valence electrons. The smallest absolute Gasteiger partial charge is 0.414 e. The second-order valence-corrected chi connectivity index (χ2v) is 7.62. The van der Waals surface area contributed by atoms with Gasteiger partial charge in [-0.3, -0.25) is 4.79 Å². The second kappa shape index (κ2) is 9.56. The van der Waals surface area contributed by atoms with Crippen molar-refractivity contribution in [1.82, 2.24) is 15.1 Å². The van der Waals surface area contributed by atoms with E-state index in [1.807, 2.05) is 30.3 Å². The predicted octanol–water partition coefficient (Wildman–Crippen LogP) is 4.05. The summed E-state index contributed by atoms with van der Waals surface area (Å²) >= 11 is 0. The Morgan fingerprint density at radius 3 is 2.68 bits per heavy atom. The highest BCUT2D eigenvalue weighted by Gasteiger charge is 2.36. The van der Waals surface area contributed by atoms with Gasteiger partial charge in [0.05, 0.1) is 24.5 Å². The molecular weight excluding hydrogens is 453 g/mol. The Hall–Kier alpha value is -3.86. The number of nitrogens with one attached hydrogen (secondary N) is 2. The number of hydrogen-bond acceptors (Lipinski definition) is 5. The first-order chi connectivity index (χ1) is 16.2. The summed E-state index contributed by atoms with van der Waals surface area (Å²) in [6, 6.07) is 17.6. The number of alkyl halides is 3. The Kier molecular flexibility index (Phi) is 6.55. The van der Waals surface area contributed by atoms with Crippen LogP contribution in [0.1, 0.15) is 12.5 Å². The number of halogens is 3. The Bertz CT molecular complexity index is 1180. The van der Waals surface area contributed by atoms with E-state index in [0.717, 1.165) is 6.92 Å². The number of nitrogens with zero attached hydrogens (tertiary/aromatic N) is 2. The topological polar surface area (TPSA) is 94.5 Å². The van der Waals surface area contributed by atoms with Crippen LogP contribution in [-0.2, 0) is 20.9 Å². The fourth-order valence-corrected chi connectivity index (χ4v) is 3.29. The first-order valence-corrected chi connectivity index (χ1v) is 10.4. The zero-order valence-electron chi connectivity index (χ0n) is 18.0. The van der Waals surface area contributed by atoms with Crippen molar-refractivity contribution in [2.24, 2.45) is 0 Å². The highest BCUT2D eigenvalue weighted by atomic mass is 19.4. The molecule has 0 saturated carbocycles. The minimum atomic E-state index is -4.44. The minimum Gasteiger partial charge on any atom is -0.434 e. The van der Waals surface area contributed by atoms with Gasteiger partial charge in [-0.05, 0) is 30.7 Å². The Balaban J connectivity index is 1.61. The number of cyclic esters (lactones) is 1. The van der Waals surface area contributed by atoms with Crippen LogP contribution in [0.3, 0.4) is 0 Å². The minimum absolute atomic E-state index is 0.0509. The second-order valence-electron chi connectivity index (χ2n) is 7.62. The molecule has 2 atom stereocenters. The molecule has 1 aromatic heterocycles. The van der Waals surface area contributed by atoms with Crippen molar-refractivity contribution in [3.63, 3.8) is 0 Å². The number of amides is 2. The SMILES string of the molecule is C[C@@H](OCc1cccc(-c2cc(NC(=O)[C@H]3CNC(=O)O3)nn2-c2ccccc2)c1)C(F)(F)F. The standard InChI is InChI=1S/C23H21F3N4O4/c1-14(23(24,25)26)33-13-15-6-5-7-16(10-15)18-11-20(28-21(31)19-12-27-22(32)34-19)29-30(18)17-8-3-2-4-9-17/h2-11,14,19H,12-13H2,1H3,(H,27,32)(H,28,29,31)/t14-,19-/m1/s1. The third-order valence-electron chi connectivity index (χ3n) is 5.12. The van der Waals surface area contributed by atoms with Gasteiger partial charge in [0.2, 0.25) is 0 Å². The maximum absolute atomic E-state index is 12.8. The predicted molar refractivity (Wildman–Crippen MR) is 116 cm³/mol. The highest BCUT2D eigenvalue weighted by molar-refractivity contribution is 5.96. The summed E-state index contributed by atoms with van der Waals surface area (Å²) in [5.41, 5.74) is 2.50. The summed E-state index contributed by atoms with van der Waals surface area (Å²) in [6.45, 7) is 0.785. The van der Waals surface area contributed by atoms with Crippen molar-refractivity contribution in [2.45, 2.75) is 31.9 Å². The molecule has 1 fully saturated rings. The lowest BCUT2D eigenvalue weighted by Gasteiger charge is -2.16. The normalized spacial score (nSPS) is 16.6. The number of rotatable bonds is 7. The van der Waals surface area contributed by atoms with E-state index in [-0.39, 0.29) is 19.0 Å². The number of carbonyl (C=O) groups is 2. The quantitative estimate of drug-likeness (QED) is 0.539. The highest BCUT2D eigenvalue weighted by Crippen LogP contribution is 2.28. The van der Waals surface area contributed by atoms with Gasteiger partial charge in [0, 0.05) is 11.6 Å². The van der Waals surface area contributed by atoms with Crippen LogP contribution in [0.2, 0.25) is 0 Å². The first-order valence-electron chi connectivity index (χ1n) is 10.4. The van der Waals surface area contributed by atoms with Gasteiger partial charge in [-0.25, -0.2) is 9.48 Å². The molecular formula is C23H21F3N4O4. The van der Waals surface area contributed by atoms with Gasteiger partial charge in [-0.1, -0.05) is 36.4 Å². The van der Waals surface area contributed by atoms with Gasteiger partial charge in [-0.2, -0.15) is 13.2 Å². The molecule has 34 heavy (non-hydrogen) atoms. The van der Waals surface area contributed by atoms with Crippen LogP contribution in [0.25, 0.3) is 16.9 Å². The van der Waals surface area contributed by atoms with E-state index in [1.54, 1.807) is 35.0 Å². The van der Waals surface area contributed by atoms with Crippen LogP contribution < -0.4 is 10.6 Å². The largest absolute Gasteiger partial charge is 0.434 e. The third kappa shape index (κ3) is 5.37. The lowest BCUT2D eigenvalue weighted by molar-refractivity contribution is -0.217. The van der Waals surface area contributed by atoms with Crippen molar-refractivity contribution in [2.75, 3.05) is 11.9 Å². The number of hydrogen-bond donors (Lipinski definition) is 2. The molecule has 2 N–H and O–H groups in total. The lowest BCUT2D eigenvalue weighted by Crippen LogP contribution is -2.30. The zero-order valence-corrected chi connectivity index (χ0v) is 18.0. The Labute approximate surface area is 192 Å². The molecule has 0 aliphatic carbocycles. The van der Waals surface area contributed by atoms with Crippen molar-refractivity contribution in [3.05, 3.63) is 66.2 Å². The summed E-state index contributed by atoms with van der Waals surface area (Å²) in [7, 11) is 0. The molecule has 1 aliphatic rings. The Morgan fingerprint density at radius 1 is 1.24 bits per heavy atom. The van der Waals surface area contributed by atoms with Gasteiger partial charge < -0.3 is 20.1 Å². The van der Waals surface area contributed by atoms with Crippen LogP contribution in [-0.4, -0.2) is 46.7 Å². The van der Waals surface area contributed by atoms with E-state index in [1.165, 1.54) is 0 Å². The van der Waals surface area contributed by atoms with Crippen LogP contribution in [0.5, 0.6) is 0 Å². The van der Waals surface area contributed by atoms with E-state index >= 15 is 0 Å². The van der Waals surface area contributed by atoms with Crippen LogP contribution >= 0.6 is 0 Å². The fourth-order valence-electron chi connectivity index (χ4n) is 3.29. The van der Waals surface area contributed by atoms with E-state index in [2.05, 4.69) is 15.7 Å². The van der Waals surface area contributed by atoms with Gasteiger partial charge in [0.25, 0.3) is 5.91 Å². The third-order valence-corrected chi connectivity index (χ3v) is 5.12. The van der Waals surface area contributed by atoms with Gasteiger partial charge >= 0.3 is 12.3 Å². The summed E-state index contributed by atoms with van der Waals surface area (Å²) in [6.07, 6.45) is -7.99. The first kappa shape index (κ1) is 23.3. The molecule has 1 saturated heterocycles. The average molecular weight is 474 g/mol. The number of carbonyl (C=O) groups excluding carboxylic acids is 2. The van der Waals surface area contributed by atoms with E-state index < -0.39 is 30.4 Å². The molecule has 0 spiro atoms. The van der Waals surface area contributed by atoms with Gasteiger partial charge in [-0.15, -0.1) is 5.10 Å². The number of ether oxygens (including phenoxy) is 2. The number of aromatic nitrogens is 2. The van der Waals surface area contributed by atoms with Crippen LogP contribution in [0.15, 0.2) is 60.7 Å². The summed E-state index contributed by atoms with van der Waals surface area (Å²) in [5.74, 6) is -0.315. The molecule has 2 aromatic carbocycles. The molecule has 2 amide bonds. The fraction of sp³-hybridized carbons (Fsp3) is 0.261.